The van der Waals surface area contributed by atoms with Crippen LogP contribution in [0.1, 0.15) is 44.6 Å². The summed E-state index contributed by atoms with van der Waals surface area (Å²) in [6, 6.07) is 9.88. The standard InChI is InChI=1S/C22H27BrN6O2/c1-3-4-5-6-10-13-29-18-19(28(2)22(31)26-20(18)30)25-21(29)27-24-15-17(23)14-16-11-8-7-9-12-16/h7-9,11-12,14-15H,3-6,10,13H2,1-2H3,(H,25,27)(H,26,30,31)/b17-14-,24-15+. The van der Waals surface area contributed by atoms with Crippen LogP contribution >= 0.6 is 15.9 Å². The van der Waals surface area contributed by atoms with Crippen molar-refractivity contribution in [2.75, 3.05) is 5.43 Å². The summed E-state index contributed by atoms with van der Waals surface area (Å²) in [6.45, 7) is 2.79. The Morgan fingerprint density at radius 3 is 2.68 bits per heavy atom. The zero-order valence-corrected chi connectivity index (χ0v) is 19.4. The predicted octanol–water partition coefficient (Wildman–Crippen LogP) is 4.23. The summed E-state index contributed by atoms with van der Waals surface area (Å²) in [5.41, 5.74) is 3.74. The number of rotatable bonds is 10. The quantitative estimate of drug-likeness (QED) is 0.254. The molecule has 0 aliphatic carbocycles. The third kappa shape index (κ3) is 5.81. The van der Waals surface area contributed by atoms with Crippen molar-refractivity contribution >= 4 is 45.3 Å². The van der Waals surface area contributed by atoms with Crippen LogP contribution in [0.15, 0.2) is 49.5 Å². The first-order valence-electron chi connectivity index (χ1n) is 10.4. The average Bonchev–Trinajstić information content (AvgIpc) is 3.12. The Bertz CT molecular complexity index is 1190. The second kappa shape index (κ2) is 10.9. The van der Waals surface area contributed by atoms with E-state index < -0.39 is 11.2 Å². The summed E-state index contributed by atoms with van der Waals surface area (Å²) in [7, 11) is 1.59. The molecule has 0 aliphatic rings. The zero-order valence-electron chi connectivity index (χ0n) is 17.8. The van der Waals surface area contributed by atoms with E-state index in [-0.39, 0.29) is 0 Å². The molecule has 3 rings (SSSR count). The third-order valence-electron chi connectivity index (χ3n) is 4.95. The lowest BCUT2D eigenvalue weighted by Crippen LogP contribution is -2.29. The van der Waals surface area contributed by atoms with Gasteiger partial charge in [0.1, 0.15) is 0 Å². The van der Waals surface area contributed by atoms with Crippen LogP contribution in [0.4, 0.5) is 5.95 Å². The fourth-order valence-corrected chi connectivity index (χ4v) is 3.68. The summed E-state index contributed by atoms with van der Waals surface area (Å²) in [5, 5.41) is 4.26. The highest BCUT2D eigenvalue weighted by Crippen LogP contribution is 2.17. The number of fused-ring (bicyclic) bond motifs is 1. The molecule has 3 aromatic rings. The van der Waals surface area contributed by atoms with Crippen LogP contribution in [0.5, 0.6) is 0 Å². The molecule has 0 saturated heterocycles. The van der Waals surface area contributed by atoms with Gasteiger partial charge >= 0.3 is 5.69 Å². The van der Waals surface area contributed by atoms with Crippen molar-refractivity contribution < 1.29 is 0 Å². The molecule has 0 amide bonds. The number of aryl methyl sites for hydroxylation is 2. The van der Waals surface area contributed by atoms with Gasteiger partial charge in [0.25, 0.3) is 5.56 Å². The summed E-state index contributed by atoms with van der Waals surface area (Å²) in [4.78, 5) is 31.3. The first-order chi connectivity index (χ1) is 15.0. The molecule has 2 N–H and O–H groups in total. The molecule has 0 unspecified atom stereocenters. The lowest BCUT2D eigenvalue weighted by molar-refractivity contribution is 0.577. The molecule has 0 saturated carbocycles. The SMILES string of the molecule is CCCCCCCn1c(N/N=C/C(Br)=C/c2ccccc2)nc2c1c(=O)[nH]c(=O)n2C. The second-order valence-electron chi connectivity index (χ2n) is 7.30. The van der Waals surface area contributed by atoms with Gasteiger partial charge in [0.05, 0.1) is 6.21 Å². The molecule has 2 aromatic heterocycles. The lowest BCUT2D eigenvalue weighted by Gasteiger charge is -2.08. The number of hydrazone groups is 1. The van der Waals surface area contributed by atoms with Gasteiger partial charge in [0.2, 0.25) is 5.95 Å². The molecule has 0 bridgehead atoms. The molecule has 2 heterocycles. The van der Waals surface area contributed by atoms with Crippen LogP contribution in [0.3, 0.4) is 0 Å². The molecular formula is C22H27BrN6O2. The molecule has 31 heavy (non-hydrogen) atoms. The van der Waals surface area contributed by atoms with Gasteiger partial charge in [-0.25, -0.2) is 10.2 Å². The minimum atomic E-state index is -0.492. The first-order valence-corrected chi connectivity index (χ1v) is 11.2. The molecule has 1 aromatic carbocycles. The Kier molecular flexibility index (Phi) is 8.00. The second-order valence-corrected chi connectivity index (χ2v) is 8.22. The number of hydrogen-bond acceptors (Lipinski definition) is 5. The maximum Gasteiger partial charge on any atom is 0.329 e. The van der Waals surface area contributed by atoms with E-state index in [1.165, 1.54) is 17.4 Å². The number of allylic oxidation sites excluding steroid dienone is 1. The highest BCUT2D eigenvalue weighted by atomic mass is 79.9. The Hall–Kier alpha value is -2.94. The van der Waals surface area contributed by atoms with Crippen molar-refractivity contribution in [1.82, 2.24) is 19.1 Å². The number of aromatic nitrogens is 4. The van der Waals surface area contributed by atoms with E-state index in [9.17, 15) is 9.59 Å². The van der Waals surface area contributed by atoms with Gasteiger partial charge < -0.3 is 4.57 Å². The van der Waals surface area contributed by atoms with Gasteiger partial charge in [0.15, 0.2) is 11.2 Å². The number of halogens is 1. The lowest BCUT2D eigenvalue weighted by atomic mass is 10.1. The number of aromatic amines is 1. The molecule has 8 nitrogen and oxygen atoms in total. The van der Waals surface area contributed by atoms with Crippen LogP contribution in [0, 0.1) is 0 Å². The van der Waals surface area contributed by atoms with Crippen molar-refractivity contribution in [3.05, 3.63) is 61.2 Å². The van der Waals surface area contributed by atoms with Crippen molar-refractivity contribution in [1.29, 1.82) is 0 Å². The van der Waals surface area contributed by atoms with E-state index >= 15 is 0 Å². The first kappa shape index (κ1) is 22.7. The number of hydrogen-bond donors (Lipinski definition) is 2. The van der Waals surface area contributed by atoms with Crippen molar-refractivity contribution in [2.24, 2.45) is 12.1 Å². The van der Waals surface area contributed by atoms with E-state index in [0.717, 1.165) is 29.3 Å². The summed E-state index contributed by atoms with van der Waals surface area (Å²) < 4.78 is 3.91. The maximum absolute atomic E-state index is 12.5. The zero-order chi connectivity index (χ0) is 22.2. The number of anilines is 1. The van der Waals surface area contributed by atoms with E-state index in [1.807, 2.05) is 36.4 Å². The Morgan fingerprint density at radius 2 is 1.94 bits per heavy atom. The number of nitrogens with zero attached hydrogens (tertiary/aromatic N) is 4. The van der Waals surface area contributed by atoms with Gasteiger partial charge in [-0.3, -0.25) is 14.3 Å². The highest BCUT2D eigenvalue weighted by molar-refractivity contribution is 9.12. The van der Waals surface area contributed by atoms with Crippen LogP contribution in [0.2, 0.25) is 0 Å². The summed E-state index contributed by atoms with van der Waals surface area (Å²) >= 11 is 3.48. The van der Waals surface area contributed by atoms with Gasteiger partial charge in [-0.1, -0.05) is 62.9 Å². The normalized spacial score (nSPS) is 12.2. The molecular weight excluding hydrogens is 460 g/mol. The van der Waals surface area contributed by atoms with E-state index in [4.69, 9.17) is 0 Å². The average molecular weight is 487 g/mol. The van der Waals surface area contributed by atoms with Crippen LogP contribution in [-0.4, -0.2) is 25.3 Å². The largest absolute Gasteiger partial charge is 0.329 e. The third-order valence-corrected chi connectivity index (χ3v) is 5.38. The predicted molar refractivity (Wildman–Crippen MR) is 130 cm³/mol. The minimum Gasteiger partial charge on any atom is -0.303 e. The van der Waals surface area contributed by atoms with E-state index in [2.05, 4.69) is 43.3 Å². The minimum absolute atomic E-state index is 0.332. The van der Waals surface area contributed by atoms with Crippen LogP contribution in [-0.2, 0) is 13.6 Å². The number of benzene rings is 1. The van der Waals surface area contributed by atoms with Crippen molar-refractivity contribution in [3.63, 3.8) is 0 Å². The molecule has 164 valence electrons. The Balaban J connectivity index is 1.85. The van der Waals surface area contributed by atoms with Crippen LogP contribution < -0.4 is 16.7 Å². The van der Waals surface area contributed by atoms with Gasteiger partial charge in [-0.15, -0.1) is 0 Å². The van der Waals surface area contributed by atoms with Crippen molar-refractivity contribution in [2.45, 2.75) is 45.6 Å². The molecule has 0 spiro atoms. The molecule has 0 fully saturated rings. The number of imidazole rings is 1. The maximum atomic E-state index is 12.5. The number of H-pyrrole nitrogens is 1. The number of unbranched alkanes of at least 4 members (excludes halogenated alkanes) is 4. The summed E-state index contributed by atoms with van der Waals surface area (Å²) in [5.74, 6) is 0.424. The van der Waals surface area contributed by atoms with Gasteiger partial charge in [0, 0.05) is 18.1 Å². The Labute approximate surface area is 188 Å². The molecule has 0 atom stereocenters. The van der Waals surface area contributed by atoms with Gasteiger partial charge in [-0.2, -0.15) is 10.1 Å². The molecule has 0 aliphatic heterocycles. The smallest absolute Gasteiger partial charge is 0.303 e. The van der Waals surface area contributed by atoms with Crippen molar-refractivity contribution in [3.8, 4) is 0 Å². The highest BCUT2D eigenvalue weighted by Gasteiger charge is 2.16. The monoisotopic (exact) mass is 486 g/mol. The fourth-order valence-electron chi connectivity index (χ4n) is 3.31. The molecule has 9 heteroatoms. The van der Waals surface area contributed by atoms with Crippen LogP contribution in [0.25, 0.3) is 17.2 Å². The van der Waals surface area contributed by atoms with E-state index in [1.54, 1.807) is 17.8 Å². The molecule has 0 radical (unpaired) electrons. The fraction of sp³-hybridized carbons (Fsp3) is 0.364. The topological polar surface area (TPSA) is 97.1 Å². The Morgan fingerprint density at radius 1 is 1.19 bits per heavy atom. The van der Waals surface area contributed by atoms with Gasteiger partial charge in [-0.05, 0) is 34.0 Å². The van der Waals surface area contributed by atoms with E-state index in [0.29, 0.717) is 23.7 Å². The summed E-state index contributed by atoms with van der Waals surface area (Å²) in [6.07, 6.45) is 9.04. The number of nitrogens with one attached hydrogen (secondary N) is 2.